The Balaban J connectivity index is 2.74. The summed E-state index contributed by atoms with van der Waals surface area (Å²) in [6.07, 6.45) is 0. The van der Waals surface area contributed by atoms with Crippen molar-refractivity contribution in [3.8, 4) is 0 Å². The van der Waals surface area contributed by atoms with E-state index in [-0.39, 0.29) is 0 Å². The highest BCUT2D eigenvalue weighted by Gasteiger charge is 2.45. The third-order valence-corrected chi connectivity index (χ3v) is 12.0. The predicted octanol–water partition coefficient (Wildman–Crippen LogP) is 5.08. The van der Waals surface area contributed by atoms with Crippen LogP contribution in [0.1, 0.15) is 27.7 Å². The number of rotatable bonds is 5. The second-order valence-electron chi connectivity index (χ2n) is 6.64. The smallest absolute Gasteiger partial charge is 0.217 e. The standard InChI is InChI=1S/C18H27OSi2/c1-14(2)21(15(3)4,19-20(5)6)18-13-9-11-16-10-7-8-12-17(16)18/h7-15H,1-6H3. The van der Waals surface area contributed by atoms with E-state index in [1.165, 1.54) is 16.0 Å². The fourth-order valence-electron chi connectivity index (χ4n) is 3.48. The maximum absolute atomic E-state index is 6.80. The Morgan fingerprint density at radius 2 is 1.43 bits per heavy atom. The maximum atomic E-state index is 6.80. The summed E-state index contributed by atoms with van der Waals surface area (Å²) in [5, 5.41) is 4.20. The number of fused-ring (bicyclic) bond motifs is 1. The van der Waals surface area contributed by atoms with Gasteiger partial charge in [-0.2, -0.15) is 0 Å². The molecular weight excluding hydrogens is 288 g/mol. The molecule has 2 rings (SSSR count). The van der Waals surface area contributed by atoms with Crippen LogP contribution in [0.5, 0.6) is 0 Å². The summed E-state index contributed by atoms with van der Waals surface area (Å²) in [5.74, 6) is 0. The molecule has 113 valence electrons. The average Bonchev–Trinajstić information content (AvgIpc) is 2.43. The molecular formula is C18H27OSi2. The van der Waals surface area contributed by atoms with Crippen molar-refractivity contribution in [1.29, 1.82) is 0 Å². The Hall–Kier alpha value is -0.906. The van der Waals surface area contributed by atoms with Gasteiger partial charge in [-0.05, 0) is 40.1 Å². The quantitative estimate of drug-likeness (QED) is 0.699. The SMILES string of the molecule is CC(C)[Si](O[Si](C)C)(c1cccc2ccccc12)C(C)C. The molecule has 0 aliphatic rings. The Labute approximate surface area is 132 Å². The zero-order chi connectivity index (χ0) is 15.6. The van der Waals surface area contributed by atoms with E-state index in [1.807, 2.05) is 0 Å². The number of benzene rings is 2. The van der Waals surface area contributed by atoms with E-state index in [9.17, 15) is 0 Å². The third-order valence-electron chi connectivity index (χ3n) is 4.30. The zero-order valence-electron chi connectivity index (χ0n) is 14.1. The van der Waals surface area contributed by atoms with Crippen molar-refractivity contribution in [1.82, 2.24) is 0 Å². The Kier molecular flexibility index (Phi) is 5.07. The molecule has 3 heteroatoms. The van der Waals surface area contributed by atoms with Crippen molar-refractivity contribution < 1.29 is 4.12 Å². The zero-order valence-corrected chi connectivity index (χ0v) is 16.1. The van der Waals surface area contributed by atoms with Gasteiger partial charge in [0.15, 0.2) is 9.04 Å². The second-order valence-corrected chi connectivity index (χ2v) is 13.7. The predicted molar refractivity (Wildman–Crippen MR) is 98.1 cm³/mol. The Bertz CT molecular complexity index is 592. The molecule has 0 heterocycles. The first-order valence-corrected chi connectivity index (χ1v) is 12.3. The Morgan fingerprint density at radius 3 is 2.00 bits per heavy atom. The summed E-state index contributed by atoms with van der Waals surface area (Å²) >= 11 is 0. The van der Waals surface area contributed by atoms with Crippen molar-refractivity contribution in [2.45, 2.75) is 51.9 Å². The van der Waals surface area contributed by atoms with Crippen molar-refractivity contribution in [2.24, 2.45) is 0 Å². The first-order valence-electron chi connectivity index (χ1n) is 7.87. The van der Waals surface area contributed by atoms with Gasteiger partial charge in [0.05, 0.1) is 0 Å². The van der Waals surface area contributed by atoms with Gasteiger partial charge in [0.2, 0.25) is 8.32 Å². The largest absolute Gasteiger partial charge is 0.452 e. The molecule has 0 fully saturated rings. The summed E-state index contributed by atoms with van der Waals surface area (Å²) in [6.45, 7) is 13.9. The lowest BCUT2D eigenvalue weighted by Gasteiger charge is -2.41. The fraction of sp³-hybridized carbons (Fsp3) is 0.444. The van der Waals surface area contributed by atoms with Crippen LogP contribution in [0.2, 0.25) is 24.2 Å². The highest BCUT2D eigenvalue weighted by Crippen LogP contribution is 2.35. The first kappa shape index (κ1) is 16.5. The van der Waals surface area contributed by atoms with Crippen LogP contribution in [0.15, 0.2) is 42.5 Å². The van der Waals surface area contributed by atoms with E-state index in [2.05, 4.69) is 83.3 Å². The van der Waals surface area contributed by atoms with E-state index in [1.54, 1.807) is 0 Å². The molecule has 0 aliphatic heterocycles. The summed E-state index contributed by atoms with van der Waals surface area (Å²) in [5.41, 5.74) is 1.14. The molecule has 0 atom stereocenters. The molecule has 0 aliphatic carbocycles. The van der Waals surface area contributed by atoms with Gasteiger partial charge < -0.3 is 4.12 Å². The third kappa shape index (κ3) is 3.00. The average molecular weight is 316 g/mol. The molecule has 0 saturated carbocycles. The van der Waals surface area contributed by atoms with E-state index in [0.717, 1.165) is 0 Å². The highest BCUT2D eigenvalue weighted by molar-refractivity contribution is 6.93. The molecule has 1 radical (unpaired) electrons. The highest BCUT2D eigenvalue weighted by atomic mass is 28.4. The molecule has 0 N–H and O–H groups in total. The summed E-state index contributed by atoms with van der Waals surface area (Å²) < 4.78 is 6.80. The molecule has 0 aromatic heterocycles. The lowest BCUT2D eigenvalue weighted by molar-refractivity contribution is 0.535. The molecule has 0 spiro atoms. The van der Waals surface area contributed by atoms with Crippen LogP contribution in [0.3, 0.4) is 0 Å². The van der Waals surface area contributed by atoms with Gasteiger partial charge in [-0.3, -0.25) is 0 Å². The van der Waals surface area contributed by atoms with Crippen LogP contribution in [0.4, 0.5) is 0 Å². The summed E-state index contributed by atoms with van der Waals surface area (Å²) in [7, 11) is -2.74. The van der Waals surface area contributed by atoms with Gasteiger partial charge >= 0.3 is 0 Å². The van der Waals surface area contributed by atoms with Crippen molar-refractivity contribution in [2.75, 3.05) is 0 Å². The molecule has 0 bridgehead atoms. The van der Waals surface area contributed by atoms with Gasteiger partial charge in [-0.15, -0.1) is 0 Å². The van der Waals surface area contributed by atoms with Gasteiger partial charge in [-0.25, -0.2) is 0 Å². The number of hydrogen-bond donors (Lipinski definition) is 0. The molecule has 0 saturated heterocycles. The molecule has 0 amide bonds. The van der Waals surface area contributed by atoms with Crippen molar-refractivity contribution in [3.05, 3.63) is 42.5 Å². The first-order chi connectivity index (χ1) is 9.89. The lowest BCUT2D eigenvalue weighted by atomic mass is 10.1. The fourth-order valence-corrected chi connectivity index (χ4v) is 12.1. The van der Waals surface area contributed by atoms with Gasteiger partial charge in [-0.1, -0.05) is 70.2 Å². The van der Waals surface area contributed by atoms with Crippen LogP contribution in [-0.4, -0.2) is 17.4 Å². The van der Waals surface area contributed by atoms with E-state index >= 15 is 0 Å². The van der Waals surface area contributed by atoms with Crippen molar-refractivity contribution >= 4 is 33.3 Å². The molecule has 2 aromatic rings. The second kappa shape index (κ2) is 6.47. The van der Waals surface area contributed by atoms with Gasteiger partial charge in [0.25, 0.3) is 0 Å². The molecule has 2 aromatic carbocycles. The minimum atomic E-state index is -2.01. The van der Waals surface area contributed by atoms with Gasteiger partial charge in [0.1, 0.15) is 0 Å². The summed E-state index contributed by atoms with van der Waals surface area (Å²) in [6, 6.07) is 15.5. The van der Waals surface area contributed by atoms with Crippen LogP contribution >= 0.6 is 0 Å². The van der Waals surface area contributed by atoms with Crippen LogP contribution in [0, 0.1) is 0 Å². The topological polar surface area (TPSA) is 9.23 Å². The molecule has 0 unspecified atom stereocenters. The van der Waals surface area contributed by atoms with Crippen LogP contribution < -0.4 is 5.19 Å². The van der Waals surface area contributed by atoms with E-state index in [4.69, 9.17) is 4.12 Å². The lowest BCUT2D eigenvalue weighted by Crippen LogP contribution is -2.58. The summed E-state index contributed by atoms with van der Waals surface area (Å²) in [4.78, 5) is 0. The number of hydrogen-bond acceptors (Lipinski definition) is 1. The molecule has 21 heavy (non-hydrogen) atoms. The van der Waals surface area contributed by atoms with Crippen LogP contribution in [0.25, 0.3) is 10.8 Å². The normalized spacial score (nSPS) is 12.8. The van der Waals surface area contributed by atoms with E-state index in [0.29, 0.717) is 11.1 Å². The van der Waals surface area contributed by atoms with Crippen LogP contribution in [-0.2, 0) is 4.12 Å². The van der Waals surface area contributed by atoms with Crippen molar-refractivity contribution in [3.63, 3.8) is 0 Å². The monoisotopic (exact) mass is 315 g/mol. The van der Waals surface area contributed by atoms with E-state index < -0.39 is 17.4 Å². The maximum Gasteiger partial charge on any atom is 0.217 e. The van der Waals surface area contributed by atoms with Gasteiger partial charge in [0, 0.05) is 0 Å². The molecule has 1 nitrogen and oxygen atoms in total. The minimum absolute atomic E-state index is 0.572. The minimum Gasteiger partial charge on any atom is -0.452 e. The Morgan fingerprint density at radius 1 is 0.857 bits per heavy atom.